The molecule has 4 nitrogen and oxygen atoms in total. The average Bonchev–Trinajstić information content (AvgIpc) is 3.06. The lowest BCUT2D eigenvalue weighted by Crippen LogP contribution is -1.96. The first-order chi connectivity index (χ1) is 11.3. The van der Waals surface area contributed by atoms with E-state index < -0.39 is 5.82 Å². The van der Waals surface area contributed by atoms with Crippen LogP contribution < -0.4 is 5.43 Å². The SMILES string of the molecule is N#Cc1cccc(F)c1C=NNc1nc(-c2ccccc2)cs1. The number of hydrogen-bond donors (Lipinski definition) is 1. The second-order valence-electron chi connectivity index (χ2n) is 4.59. The summed E-state index contributed by atoms with van der Waals surface area (Å²) in [6.07, 6.45) is 1.29. The van der Waals surface area contributed by atoms with Crippen LogP contribution in [0.1, 0.15) is 11.1 Å². The summed E-state index contributed by atoms with van der Waals surface area (Å²) < 4.78 is 13.7. The summed E-state index contributed by atoms with van der Waals surface area (Å²) in [5.74, 6) is -0.487. The van der Waals surface area contributed by atoms with Gasteiger partial charge in [0.05, 0.1) is 23.5 Å². The molecule has 1 heterocycles. The molecule has 0 amide bonds. The number of anilines is 1. The van der Waals surface area contributed by atoms with Crippen molar-refractivity contribution in [1.29, 1.82) is 5.26 Å². The Bertz CT molecular complexity index is 881. The molecule has 0 unspecified atom stereocenters. The summed E-state index contributed by atoms with van der Waals surface area (Å²) in [5.41, 5.74) is 5.01. The third kappa shape index (κ3) is 3.42. The highest BCUT2D eigenvalue weighted by atomic mass is 32.1. The maximum absolute atomic E-state index is 13.7. The second-order valence-corrected chi connectivity index (χ2v) is 5.44. The molecular weight excluding hydrogens is 311 g/mol. The van der Waals surface area contributed by atoms with Crippen LogP contribution in [0.2, 0.25) is 0 Å². The summed E-state index contributed by atoms with van der Waals surface area (Å²) in [7, 11) is 0. The van der Waals surface area contributed by atoms with Gasteiger partial charge in [-0.15, -0.1) is 11.3 Å². The molecule has 0 aliphatic carbocycles. The highest BCUT2D eigenvalue weighted by Crippen LogP contribution is 2.24. The zero-order valence-electron chi connectivity index (χ0n) is 11.9. The fraction of sp³-hybridized carbons (Fsp3) is 0. The van der Waals surface area contributed by atoms with Gasteiger partial charge < -0.3 is 0 Å². The summed E-state index contributed by atoms with van der Waals surface area (Å²) in [6.45, 7) is 0. The van der Waals surface area contributed by atoms with E-state index in [2.05, 4.69) is 15.5 Å². The summed E-state index contributed by atoms with van der Waals surface area (Å²) in [5, 5.41) is 15.5. The van der Waals surface area contributed by atoms with Gasteiger partial charge in [0, 0.05) is 16.5 Å². The van der Waals surface area contributed by atoms with E-state index in [9.17, 15) is 4.39 Å². The van der Waals surface area contributed by atoms with E-state index in [1.165, 1.54) is 29.7 Å². The monoisotopic (exact) mass is 322 g/mol. The molecule has 3 rings (SSSR count). The number of nitriles is 1. The van der Waals surface area contributed by atoms with Crippen molar-refractivity contribution in [2.45, 2.75) is 0 Å². The van der Waals surface area contributed by atoms with E-state index >= 15 is 0 Å². The maximum atomic E-state index is 13.7. The van der Waals surface area contributed by atoms with Crippen molar-refractivity contribution in [2.75, 3.05) is 5.43 Å². The van der Waals surface area contributed by atoms with Gasteiger partial charge in [0.25, 0.3) is 0 Å². The molecule has 0 fully saturated rings. The predicted molar refractivity (Wildman–Crippen MR) is 89.9 cm³/mol. The zero-order chi connectivity index (χ0) is 16.1. The smallest absolute Gasteiger partial charge is 0.203 e. The van der Waals surface area contributed by atoms with Crippen molar-refractivity contribution in [3.63, 3.8) is 0 Å². The lowest BCUT2D eigenvalue weighted by molar-refractivity contribution is 0.625. The van der Waals surface area contributed by atoms with Gasteiger partial charge in [0.2, 0.25) is 5.13 Å². The molecule has 0 atom stereocenters. The van der Waals surface area contributed by atoms with Gasteiger partial charge in [0.1, 0.15) is 5.82 Å². The molecule has 23 heavy (non-hydrogen) atoms. The van der Waals surface area contributed by atoms with Crippen LogP contribution in [0.4, 0.5) is 9.52 Å². The van der Waals surface area contributed by atoms with Crippen LogP contribution in [-0.2, 0) is 0 Å². The van der Waals surface area contributed by atoms with Crippen LogP contribution in [0.15, 0.2) is 59.0 Å². The van der Waals surface area contributed by atoms with Gasteiger partial charge in [-0.3, -0.25) is 5.43 Å². The molecule has 1 aromatic heterocycles. The second kappa shape index (κ2) is 6.81. The van der Waals surface area contributed by atoms with Crippen molar-refractivity contribution in [3.05, 3.63) is 70.9 Å². The Labute approximate surface area is 136 Å². The number of hydrazone groups is 1. The Balaban J connectivity index is 1.75. The Kier molecular flexibility index (Phi) is 4.41. The summed E-state index contributed by atoms with van der Waals surface area (Å²) in [6, 6.07) is 16.0. The van der Waals surface area contributed by atoms with Gasteiger partial charge in [0.15, 0.2) is 0 Å². The number of aromatic nitrogens is 1. The molecule has 1 N–H and O–H groups in total. The van der Waals surface area contributed by atoms with E-state index in [4.69, 9.17) is 5.26 Å². The minimum atomic E-state index is -0.487. The van der Waals surface area contributed by atoms with Crippen molar-refractivity contribution in [2.24, 2.45) is 5.10 Å². The standard InChI is InChI=1S/C17H11FN4S/c18-15-8-4-7-13(9-19)14(15)10-20-22-17-21-16(11-23-17)12-5-2-1-3-6-12/h1-8,10-11H,(H,21,22). The molecule has 112 valence electrons. The molecule has 0 radical (unpaired) electrons. The Hall–Kier alpha value is -3.04. The largest absolute Gasteiger partial charge is 0.253 e. The first-order valence-corrected chi connectivity index (χ1v) is 7.64. The maximum Gasteiger partial charge on any atom is 0.203 e. The van der Waals surface area contributed by atoms with Gasteiger partial charge in [-0.05, 0) is 12.1 Å². The fourth-order valence-corrected chi connectivity index (χ4v) is 2.65. The minimum absolute atomic E-state index is 0.155. The minimum Gasteiger partial charge on any atom is -0.253 e. The summed E-state index contributed by atoms with van der Waals surface area (Å²) in [4.78, 5) is 4.41. The number of nitrogens with one attached hydrogen (secondary N) is 1. The molecule has 6 heteroatoms. The van der Waals surface area contributed by atoms with E-state index in [0.29, 0.717) is 5.13 Å². The molecule has 3 aromatic rings. The number of benzene rings is 2. The van der Waals surface area contributed by atoms with Crippen molar-refractivity contribution < 1.29 is 4.39 Å². The quantitative estimate of drug-likeness (QED) is 0.576. The molecular formula is C17H11FN4S. The third-order valence-electron chi connectivity index (χ3n) is 3.10. The number of hydrogen-bond acceptors (Lipinski definition) is 5. The lowest BCUT2D eigenvalue weighted by Gasteiger charge is -1.99. The normalized spacial score (nSPS) is 10.6. The van der Waals surface area contributed by atoms with Crippen LogP contribution in [0.3, 0.4) is 0 Å². The highest BCUT2D eigenvalue weighted by molar-refractivity contribution is 7.14. The number of nitrogens with zero attached hydrogens (tertiary/aromatic N) is 3. The van der Waals surface area contributed by atoms with Crippen LogP contribution >= 0.6 is 11.3 Å². The third-order valence-corrected chi connectivity index (χ3v) is 3.85. The van der Waals surface area contributed by atoms with Crippen LogP contribution in [0.25, 0.3) is 11.3 Å². The van der Waals surface area contributed by atoms with Crippen molar-refractivity contribution in [1.82, 2.24) is 4.98 Å². The lowest BCUT2D eigenvalue weighted by atomic mass is 10.1. The van der Waals surface area contributed by atoms with E-state index in [-0.39, 0.29) is 11.1 Å². The first kappa shape index (κ1) is 14.9. The summed E-state index contributed by atoms with van der Waals surface area (Å²) >= 11 is 1.40. The highest BCUT2D eigenvalue weighted by Gasteiger charge is 2.06. The molecule has 0 saturated carbocycles. The van der Waals surface area contributed by atoms with E-state index in [1.807, 2.05) is 41.8 Å². The molecule has 0 spiro atoms. The first-order valence-electron chi connectivity index (χ1n) is 6.76. The van der Waals surface area contributed by atoms with Crippen LogP contribution in [0, 0.1) is 17.1 Å². The molecule has 0 saturated heterocycles. The predicted octanol–water partition coefficient (Wildman–Crippen LogP) is 4.27. The Morgan fingerprint density at radius 3 is 2.78 bits per heavy atom. The Morgan fingerprint density at radius 2 is 2.00 bits per heavy atom. The Morgan fingerprint density at radius 1 is 1.17 bits per heavy atom. The molecule has 2 aromatic carbocycles. The van der Waals surface area contributed by atoms with Gasteiger partial charge in [-0.25, -0.2) is 9.37 Å². The number of halogens is 1. The van der Waals surface area contributed by atoms with Crippen LogP contribution in [-0.4, -0.2) is 11.2 Å². The van der Waals surface area contributed by atoms with E-state index in [1.54, 1.807) is 6.07 Å². The van der Waals surface area contributed by atoms with Crippen molar-refractivity contribution in [3.8, 4) is 17.3 Å². The zero-order valence-corrected chi connectivity index (χ0v) is 12.7. The molecule has 0 aliphatic rings. The number of rotatable bonds is 4. The molecule has 0 bridgehead atoms. The van der Waals surface area contributed by atoms with Crippen molar-refractivity contribution >= 4 is 22.7 Å². The van der Waals surface area contributed by atoms with Gasteiger partial charge in [-0.2, -0.15) is 10.4 Å². The van der Waals surface area contributed by atoms with Gasteiger partial charge >= 0.3 is 0 Å². The van der Waals surface area contributed by atoms with E-state index in [0.717, 1.165) is 11.3 Å². The molecule has 0 aliphatic heterocycles. The topological polar surface area (TPSA) is 61.1 Å². The van der Waals surface area contributed by atoms with Crippen LogP contribution in [0.5, 0.6) is 0 Å². The average molecular weight is 322 g/mol. The van der Waals surface area contributed by atoms with Gasteiger partial charge in [-0.1, -0.05) is 36.4 Å². The number of thiazole rings is 1. The fourth-order valence-electron chi connectivity index (χ4n) is 1.98.